The molecule has 0 bridgehead atoms. The zero-order valence-electron chi connectivity index (χ0n) is 14.5. The van der Waals surface area contributed by atoms with Gasteiger partial charge in [0, 0.05) is 32.2 Å². The highest BCUT2D eigenvalue weighted by atomic mass is 28.4. The smallest absolute Gasteiger partial charge is 0.373 e. The number of aromatic nitrogens is 2. The fraction of sp³-hybridized carbons (Fsp3) is 0.800. The van der Waals surface area contributed by atoms with Gasteiger partial charge in [0.2, 0.25) is 0 Å². The normalized spacial score (nSPS) is 15.0. The summed E-state index contributed by atoms with van der Waals surface area (Å²) in [5.74, 6) is 0. The molecule has 0 saturated carbocycles. The second-order valence-corrected chi connectivity index (χ2v) is 7.73. The molecule has 6 nitrogen and oxygen atoms in total. The molecular formula is C15H31N3O3Si. The van der Waals surface area contributed by atoms with Crippen LogP contribution in [0.4, 0.5) is 0 Å². The van der Waals surface area contributed by atoms with E-state index in [2.05, 4.69) is 28.7 Å². The lowest BCUT2D eigenvalue weighted by molar-refractivity contribution is 0.0539. The van der Waals surface area contributed by atoms with Crippen molar-refractivity contribution in [3.8, 4) is 0 Å². The van der Waals surface area contributed by atoms with Crippen LogP contribution in [-0.2, 0) is 13.3 Å². The molecule has 1 aromatic heterocycles. The maximum absolute atomic E-state index is 6.03. The molecule has 1 aromatic rings. The molecule has 1 heterocycles. The lowest BCUT2D eigenvalue weighted by Gasteiger charge is -2.37. The Morgan fingerprint density at radius 1 is 1.00 bits per heavy atom. The molecule has 0 aliphatic rings. The first-order chi connectivity index (χ1) is 10.7. The van der Waals surface area contributed by atoms with Gasteiger partial charge in [-0.15, -0.1) is 0 Å². The van der Waals surface area contributed by atoms with Crippen molar-refractivity contribution in [3.05, 3.63) is 18.7 Å². The van der Waals surface area contributed by atoms with Gasteiger partial charge in [-0.25, -0.2) is 4.98 Å². The molecule has 0 aliphatic heterocycles. The van der Waals surface area contributed by atoms with Crippen molar-refractivity contribution in [1.82, 2.24) is 14.9 Å². The third kappa shape index (κ3) is 4.89. The van der Waals surface area contributed by atoms with Crippen molar-refractivity contribution in [3.63, 3.8) is 0 Å². The van der Waals surface area contributed by atoms with Crippen LogP contribution in [0.3, 0.4) is 0 Å². The first kappa shape index (κ1) is 19.3. The molecule has 1 rings (SSSR count). The molecule has 0 radical (unpaired) electrons. The summed E-state index contributed by atoms with van der Waals surface area (Å²) in [5.41, 5.74) is 0.0553. The number of nitrogens with one attached hydrogen (secondary N) is 1. The number of hydrogen-bond acceptors (Lipinski definition) is 5. The zero-order valence-corrected chi connectivity index (χ0v) is 15.5. The van der Waals surface area contributed by atoms with Crippen LogP contribution < -0.4 is 5.32 Å². The molecule has 0 amide bonds. The summed E-state index contributed by atoms with van der Waals surface area (Å²) in [4.78, 5) is 4.14. The molecule has 0 fully saturated rings. The van der Waals surface area contributed by atoms with E-state index < -0.39 is 8.80 Å². The molecular weight excluding hydrogens is 298 g/mol. The molecule has 0 spiro atoms. The van der Waals surface area contributed by atoms with Gasteiger partial charge in [-0.05, 0) is 33.6 Å². The highest BCUT2D eigenvalue weighted by Gasteiger charge is 2.49. The predicted octanol–water partition coefficient (Wildman–Crippen LogP) is 2.75. The summed E-state index contributed by atoms with van der Waals surface area (Å²) in [6.07, 6.45) is 7.59. The minimum Gasteiger partial charge on any atom is -0.373 e. The van der Waals surface area contributed by atoms with E-state index in [9.17, 15) is 0 Å². The molecule has 128 valence electrons. The van der Waals surface area contributed by atoms with Crippen molar-refractivity contribution < 1.29 is 13.3 Å². The summed E-state index contributed by atoms with van der Waals surface area (Å²) >= 11 is 0. The van der Waals surface area contributed by atoms with Gasteiger partial charge < -0.3 is 17.8 Å². The van der Waals surface area contributed by atoms with E-state index in [0.717, 1.165) is 12.8 Å². The number of hydrogen-bond donors (Lipinski definition) is 1. The van der Waals surface area contributed by atoms with Gasteiger partial charge >= 0.3 is 8.80 Å². The van der Waals surface area contributed by atoms with Gasteiger partial charge in [0.05, 0.1) is 18.2 Å². The van der Waals surface area contributed by atoms with Gasteiger partial charge in [0.1, 0.15) is 0 Å². The monoisotopic (exact) mass is 329 g/mol. The number of imidazole rings is 1. The summed E-state index contributed by atoms with van der Waals surface area (Å²) in [7, 11) is -2.76. The fourth-order valence-corrected chi connectivity index (χ4v) is 5.56. The Labute approximate surface area is 135 Å². The Morgan fingerprint density at radius 3 is 1.95 bits per heavy atom. The van der Waals surface area contributed by atoms with Crippen LogP contribution in [0.15, 0.2) is 18.7 Å². The molecule has 0 aliphatic carbocycles. The van der Waals surface area contributed by atoms with E-state index in [4.69, 9.17) is 13.3 Å². The van der Waals surface area contributed by atoms with Gasteiger partial charge in [-0.2, -0.15) is 0 Å². The number of nitrogens with zero attached hydrogens (tertiary/aromatic N) is 2. The van der Waals surface area contributed by atoms with Crippen LogP contribution in [0.5, 0.6) is 0 Å². The average molecular weight is 330 g/mol. The van der Waals surface area contributed by atoms with Crippen LogP contribution >= 0.6 is 0 Å². The second kappa shape index (κ2) is 10.1. The lowest BCUT2D eigenvalue weighted by atomic mass is 10.3. The van der Waals surface area contributed by atoms with Gasteiger partial charge in [-0.1, -0.05) is 13.8 Å². The number of rotatable bonds is 12. The minimum atomic E-state index is -2.76. The third-order valence-electron chi connectivity index (χ3n) is 3.54. The van der Waals surface area contributed by atoms with Crippen molar-refractivity contribution >= 4 is 8.80 Å². The Hall–Kier alpha value is -0.733. The molecule has 2 atom stereocenters. The lowest BCUT2D eigenvalue weighted by Crippen LogP contribution is -2.62. The molecule has 7 heteroatoms. The largest absolute Gasteiger partial charge is 0.518 e. The Kier molecular flexibility index (Phi) is 8.88. The van der Waals surface area contributed by atoms with Crippen LogP contribution in [-0.4, -0.2) is 43.8 Å². The maximum Gasteiger partial charge on any atom is 0.518 e. The third-order valence-corrected chi connectivity index (χ3v) is 7.04. The van der Waals surface area contributed by atoms with E-state index in [1.807, 2.05) is 33.3 Å². The van der Waals surface area contributed by atoms with E-state index in [1.165, 1.54) is 0 Å². The highest BCUT2D eigenvalue weighted by molar-refractivity contribution is 6.62. The first-order valence-electron chi connectivity index (χ1n) is 8.32. The second-order valence-electron chi connectivity index (χ2n) is 4.96. The Bertz CT molecular complexity index is 372. The van der Waals surface area contributed by atoms with E-state index >= 15 is 0 Å². The van der Waals surface area contributed by atoms with Crippen molar-refractivity contribution in [2.24, 2.45) is 0 Å². The highest BCUT2D eigenvalue weighted by Crippen LogP contribution is 2.21. The summed E-state index contributed by atoms with van der Waals surface area (Å²) in [6.45, 7) is 12.0. The maximum atomic E-state index is 6.03. The van der Waals surface area contributed by atoms with Crippen molar-refractivity contribution in [2.45, 2.75) is 59.3 Å². The zero-order chi connectivity index (χ0) is 16.4. The van der Waals surface area contributed by atoms with E-state index in [0.29, 0.717) is 19.8 Å². The van der Waals surface area contributed by atoms with Crippen molar-refractivity contribution in [1.29, 1.82) is 0 Å². The van der Waals surface area contributed by atoms with Crippen LogP contribution in [0.1, 0.15) is 53.6 Å². The first-order valence-corrected chi connectivity index (χ1v) is 10.1. The Balaban J connectivity index is 2.95. The average Bonchev–Trinajstić information content (AvgIpc) is 3.03. The van der Waals surface area contributed by atoms with E-state index in [1.54, 1.807) is 6.20 Å². The molecule has 0 aromatic carbocycles. The fourth-order valence-electron chi connectivity index (χ4n) is 2.60. The van der Waals surface area contributed by atoms with Crippen LogP contribution in [0.25, 0.3) is 0 Å². The molecule has 22 heavy (non-hydrogen) atoms. The molecule has 2 unspecified atom stereocenters. The van der Waals surface area contributed by atoms with Crippen molar-refractivity contribution in [2.75, 3.05) is 19.8 Å². The van der Waals surface area contributed by atoms with Gasteiger partial charge in [0.25, 0.3) is 0 Å². The topological polar surface area (TPSA) is 57.5 Å². The summed E-state index contributed by atoms with van der Waals surface area (Å²) < 4.78 is 20.2. The van der Waals surface area contributed by atoms with Crippen LogP contribution in [0.2, 0.25) is 0 Å². The molecule has 0 saturated heterocycles. The quantitative estimate of drug-likeness (QED) is 0.598. The van der Waals surface area contributed by atoms with Gasteiger partial charge in [0.15, 0.2) is 0 Å². The van der Waals surface area contributed by atoms with Crippen LogP contribution in [0, 0.1) is 0 Å². The Morgan fingerprint density at radius 2 is 1.59 bits per heavy atom. The van der Waals surface area contributed by atoms with Gasteiger partial charge in [-0.3, -0.25) is 5.32 Å². The predicted molar refractivity (Wildman–Crippen MR) is 89.4 cm³/mol. The standard InChI is InChI=1S/C15H31N3O3Si/c1-6-14(18-12-11-16-13-18)17-15(7-2)22(19-8-3,20-9-4)21-10-5/h11-15,17H,6-10H2,1-5H3. The minimum absolute atomic E-state index is 0.0553. The summed E-state index contributed by atoms with van der Waals surface area (Å²) in [5, 5.41) is 3.66. The van der Waals surface area contributed by atoms with E-state index in [-0.39, 0.29) is 11.8 Å². The summed E-state index contributed by atoms with van der Waals surface area (Å²) in [6, 6.07) is 0. The molecule has 1 N–H and O–H groups in total. The SMILES string of the molecule is CCO[Si](OCC)(OCC)C(CC)NC(CC)n1ccnc1.